The maximum Gasteiger partial charge on any atom is 0.308 e. The van der Waals surface area contributed by atoms with Crippen LogP contribution in [-0.4, -0.2) is 39.5 Å². The van der Waals surface area contributed by atoms with Gasteiger partial charge in [0.2, 0.25) is 0 Å². The standard InChI is InChI=1S/C18H18O5S/c1-11-2-4-13(5-3-11)24(21)10-18-7-6-12(19)8-14(18)17-15(23-18)9-16(20)22-17/h2-7,14-15,17H,8-10H2,1H3/t14-,15+,17+,18+,24?/m0/s1. The van der Waals surface area contributed by atoms with Gasteiger partial charge in [0.05, 0.1) is 23.0 Å². The lowest BCUT2D eigenvalue weighted by Crippen LogP contribution is -2.45. The van der Waals surface area contributed by atoms with Crippen molar-refractivity contribution in [2.24, 2.45) is 5.92 Å². The first-order valence-corrected chi connectivity index (χ1v) is 9.33. The summed E-state index contributed by atoms with van der Waals surface area (Å²) >= 11 is 0. The molecule has 6 heteroatoms. The van der Waals surface area contributed by atoms with Crippen LogP contribution < -0.4 is 0 Å². The highest BCUT2D eigenvalue weighted by Gasteiger charge is 2.60. The van der Waals surface area contributed by atoms with Crippen molar-refractivity contribution in [2.45, 2.75) is 42.5 Å². The minimum Gasteiger partial charge on any atom is -0.459 e. The normalized spacial score (nSPS) is 35.5. The first-order valence-electron chi connectivity index (χ1n) is 8.01. The van der Waals surface area contributed by atoms with Gasteiger partial charge in [-0.25, -0.2) is 0 Å². The van der Waals surface area contributed by atoms with E-state index in [0.717, 1.165) is 10.5 Å². The van der Waals surface area contributed by atoms with E-state index in [1.165, 1.54) is 6.08 Å². The number of hydrogen-bond acceptors (Lipinski definition) is 5. The summed E-state index contributed by atoms with van der Waals surface area (Å²) in [5, 5.41) is 0. The average molecular weight is 346 g/mol. The summed E-state index contributed by atoms with van der Waals surface area (Å²) in [5.74, 6) is -0.306. The Morgan fingerprint density at radius 3 is 2.71 bits per heavy atom. The molecule has 2 aliphatic heterocycles. The molecule has 4 rings (SSSR count). The number of ether oxygens (including phenoxy) is 2. The number of fused-ring (bicyclic) bond motifs is 3. The van der Waals surface area contributed by atoms with Crippen LogP contribution in [0.3, 0.4) is 0 Å². The molecule has 126 valence electrons. The minimum absolute atomic E-state index is 0.0102. The smallest absolute Gasteiger partial charge is 0.308 e. The zero-order valence-electron chi connectivity index (χ0n) is 13.3. The fourth-order valence-electron chi connectivity index (χ4n) is 3.79. The van der Waals surface area contributed by atoms with E-state index in [1.807, 2.05) is 31.2 Å². The van der Waals surface area contributed by atoms with Crippen LogP contribution in [0.1, 0.15) is 18.4 Å². The van der Waals surface area contributed by atoms with E-state index in [4.69, 9.17) is 9.47 Å². The quantitative estimate of drug-likeness (QED) is 0.779. The number of esters is 1. The number of carbonyl (C=O) groups is 2. The van der Waals surface area contributed by atoms with Crippen LogP contribution in [0.5, 0.6) is 0 Å². The lowest BCUT2D eigenvalue weighted by molar-refractivity contribution is -0.144. The Morgan fingerprint density at radius 2 is 1.96 bits per heavy atom. The first-order chi connectivity index (χ1) is 11.5. The third kappa shape index (κ3) is 2.54. The van der Waals surface area contributed by atoms with Gasteiger partial charge in [0.1, 0.15) is 17.8 Å². The van der Waals surface area contributed by atoms with Gasteiger partial charge in [0.25, 0.3) is 0 Å². The second-order valence-electron chi connectivity index (χ2n) is 6.68. The van der Waals surface area contributed by atoms with E-state index < -0.39 is 22.5 Å². The second-order valence-corrected chi connectivity index (χ2v) is 8.13. The largest absolute Gasteiger partial charge is 0.459 e. The average Bonchev–Trinajstić information content (AvgIpc) is 3.02. The van der Waals surface area contributed by atoms with Crippen molar-refractivity contribution in [2.75, 3.05) is 5.75 Å². The van der Waals surface area contributed by atoms with E-state index in [9.17, 15) is 13.8 Å². The Hall–Kier alpha value is -1.79. The van der Waals surface area contributed by atoms with Crippen LogP contribution in [0.4, 0.5) is 0 Å². The molecule has 0 N–H and O–H groups in total. The monoisotopic (exact) mass is 346 g/mol. The molecule has 24 heavy (non-hydrogen) atoms. The van der Waals surface area contributed by atoms with E-state index in [2.05, 4.69) is 0 Å². The fourth-order valence-corrected chi connectivity index (χ4v) is 5.19. The van der Waals surface area contributed by atoms with Crippen molar-refractivity contribution in [1.29, 1.82) is 0 Å². The van der Waals surface area contributed by atoms with Gasteiger partial charge in [0, 0.05) is 17.2 Å². The van der Waals surface area contributed by atoms with Gasteiger partial charge in [-0.2, -0.15) is 0 Å². The molecule has 1 aromatic carbocycles. The Labute approximate surface area is 142 Å². The van der Waals surface area contributed by atoms with E-state index >= 15 is 0 Å². The number of rotatable bonds is 3. The van der Waals surface area contributed by atoms with Gasteiger partial charge in [-0.3, -0.25) is 13.8 Å². The Kier molecular flexibility index (Phi) is 3.69. The second kappa shape index (κ2) is 5.63. The summed E-state index contributed by atoms with van der Waals surface area (Å²) in [5.41, 5.74) is 0.299. The van der Waals surface area contributed by atoms with Crippen LogP contribution in [0.25, 0.3) is 0 Å². The molecule has 0 spiro atoms. The molecule has 0 aromatic heterocycles. The number of carbonyl (C=O) groups excluding carboxylic acids is 2. The van der Waals surface area contributed by atoms with Crippen LogP contribution in [0.15, 0.2) is 41.3 Å². The minimum atomic E-state index is -1.26. The van der Waals surface area contributed by atoms with Crippen LogP contribution in [-0.2, 0) is 29.9 Å². The molecular weight excluding hydrogens is 328 g/mol. The molecule has 0 radical (unpaired) electrons. The molecule has 0 bridgehead atoms. The molecule has 1 aromatic rings. The van der Waals surface area contributed by atoms with Crippen molar-refractivity contribution in [3.8, 4) is 0 Å². The molecule has 5 atom stereocenters. The van der Waals surface area contributed by atoms with Gasteiger partial charge in [-0.1, -0.05) is 17.7 Å². The van der Waals surface area contributed by atoms with Gasteiger partial charge in [-0.15, -0.1) is 0 Å². The number of aryl methyl sites for hydroxylation is 1. The van der Waals surface area contributed by atoms with Crippen molar-refractivity contribution < 1.29 is 23.3 Å². The molecule has 1 aliphatic carbocycles. The SMILES string of the molecule is Cc1ccc(S(=O)C[C@]23C=CC(=O)C[C@H]2[C@H]2OC(=O)C[C@H]2O3)cc1. The van der Waals surface area contributed by atoms with Crippen molar-refractivity contribution in [1.82, 2.24) is 0 Å². The van der Waals surface area contributed by atoms with Gasteiger partial charge >= 0.3 is 5.97 Å². The van der Waals surface area contributed by atoms with Crippen molar-refractivity contribution >= 4 is 22.6 Å². The van der Waals surface area contributed by atoms with Crippen LogP contribution >= 0.6 is 0 Å². The van der Waals surface area contributed by atoms with E-state index in [1.54, 1.807) is 6.08 Å². The summed E-state index contributed by atoms with van der Waals surface area (Å²) in [6.07, 6.45) is 2.92. The highest BCUT2D eigenvalue weighted by Crippen LogP contribution is 2.47. The molecule has 3 aliphatic rings. The molecule has 0 saturated carbocycles. The highest BCUT2D eigenvalue weighted by atomic mass is 32.2. The Morgan fingerprint density at radius 1 is 1.21 bits per heavy atom. The third-order valence-electron chi connectivity index (χ3n) is 5.01. The summed E-state index contributed by atoms with van der Waals surface area (Å²) in [7, 11) is -1.26. The Balaban J connectivity index is 1.63. The molecule has 2 fully saturated rings. The Bertz CT molecular complexity index is 753. The summed E-state index contributed by atoms with van der Waals surface area (Å²) in [6, 6.07) is 7.55. The van der Waals surface area contributed by atoms with Crippen LogP contribution in [0.2, 0.25) is 0 Å². The number of benzene rings is 1. The summed E-state index contributed by atoms with van der Waals surface area (Å²) in [6.45, 7) is 1.98. The van der Waals surface area contributed by atoms with E-state index in [0.29, 0.717) is 0 Å². The predicted octanol–water partition coefficient (Wildman–Crippen LogP) is 1.70. The molecule has 0 amide bonds. The first kappa shape index (κ1) is 15.7. The van der Waals surface area contributed by atoms with Crippen molar-refractivity contribution in [3.63, 3.8) is 0 Å². The molecular formula is C18H18O5S. The van der Waals surface area contributed by atoms with Crippen molar-refractivity contribution in [3.05, 3.63) is 42.0 Å². The molecule has 2 heterocycles. The fraction of sp³-hybridized carbons (Fsp3) is 0.444. The van der Waals surface area contributed by atoms with Gasteiger partial charge in [-0.05, 0) is 31.2 Å². The number of ketones is 1. The van der Waals surface area contributed by atoms with E-state index in [-0.39, 0.29) is 42.4 Å². The molecule has 5 nitrogen and oxygen atoms in total. The summed E-state index contributed by atoms with van der Waals surface area (Å²) in [4.78, 5) is 24.1. The third-order valence-corrected chi connectivity index (χ3v) is 6.52. The predicted molar refractivity (Wildman–Crippen MR) is 86.8 cm³/mol. The summed E-state index contributed by atoms with van der Waals surface area (Å²) < 4.78 is 24.3. The zero-order chi connectivity index (χ0) is 16.9. The van der Waals surface area contributed by atoms with Gasteiger partial charge < -0.3 is 9.47 Å². The zero-order valence-corrected chi connectivity index (χ0v) is 14.1. The lowest BCUT2D eigenvalue weighted by Gasteiger charge is -2.34. The lowest BCUT2D eigenvalue weighted by atomic mass is 9.78. The molecule has 1 unspecified atom stereocenters. The maximum absolute atomic E-state index is 12.8. The molecule has 2 saturated heterocycles. The van der Waals surface area contributed by atoms with Crippen LogP contribution in [0, 0.1) is 12.8 Å². The number of allylic oxidation sites excluding steroid dienone is 1. The van der Waals surface area contributed by atoms with Gasteiger partial charge in [0.15, 0.2) is 5.78 Å². The topological polar surface area (TPSA) is 69.7 Å². The number of hydrogen-bond donors (Lipinski definition) is 0. The highest BCUT2D eigenvalue weighted by molar-refractivity contribution is 7.85. The maximum atomic E-state index is 12.8.